The number of nitro groups is 1. The smallest absolute Gasteiger partial charge is 0.273 e. The predicted molar refractivity (Wildman–Crippen MR) is 71.7 cm³/mol. The number of nitrogens with one attached hydrogen (secondary N) is 1. The third-order valence-electron chi connectivity index (χ3n) is 3.24. The van der Waals surface area contributed by atoms with Gasteiger partial charge in [0.1, 0.15) is 5.75 Å². The number of nitro benzene ring substituents is 1. The number of anilines is 1. The second kappa shape index (κ2) is 5.88. The molecule has 0 bridgehead atoms. The molecule has 0 spiro atoms. The van der Waals surface area contributed by atoms with Gasteiger partial charge >= 0.3 is 0 Å². The second-order valence-electron chi connectivity index (χ2n) is 4.67. The van der Waals surface area contributed by atoms with E-state index < -0.39 is 4.92 Å². The Hall–Kier alpha value is -1.82. The zero-order chi connectivity index (χ0) is 13.8. The molecule has 0 radical (unpaired) electrons. The van der Waals surface area contributed by atoms with Crippen molar-refractivity contribution in [2.24, 2.45) is 0 Å². The number of non-ortho nitro benzene ring substituents is 1. The van der Waals surface area contributed by atoms with Gasteiger partial charge < -0.3 is 14.8 Å². The van der Waals surface area contributed by atoms with E-state index in [4.69, 9.17) is 9.47 Å². The van der Waals surface area contributed by atoms with Gasteiger partial charge in [-0.3, -0.25) is 10.1 Å². The Kier molecular flexibility index (Phi) is 4.21. The molecule has 1 fully saturated rings. The Morgan fingerprint density at radius 1 is 1.53 bits per heavy atom. The first kappa shape index (κ1) is 13.6. The van der Waals surface area contributed by atoms with Crippen LogP contribution in [-0.4, -0.2) is 30.8 Å². The van der Waals surface area contributed by atoms with E-state index in [0.717, 1.165) is 18.5 Å². The molecule has 1 aromatic carbocycles. The SMILES string of the molecule is COc1cc([N+](=O)[O-])ccc1NCC1CCC(C)O1. The van der Waals surface area contributed by atoms with Crippen LogP contribution in [-0.2, 0) is 4.74 Å². The minimum atomic E-state index is -0.436. The van der Waals surface area contributed by atoms with Gasteiger partial charge in [0.25, 0.3) is 5.69 Å². The van der Waals surface area contributed by atoms with Gasteiger partial charge in [0, 0.05) is 12.6 Å². The highest BCUT2D eigenvalue weighted by Gasteiger charge is 2.21. The highest BCUT2D eigenvalue weighted by atomic mass is 16.6. The van der Waals surface area contributed by atoms with Gasteiger partial charge in [0.05, 0.1) is 36.0 Å². The lowest BCUT2D eigenvalue weighted by atomic mass is 10.2. The summed E-state index contributed by atoms with van der Waals surface area (Å²) in [5.74, 6) is 0.472. The fourth-order valence-corrected chi connectivity index (χ4v) is 2.20. The largest absolute Gasteiger partial charge is 0.494 e. The maximum Gasteiger partial charge on any atom is 0.273 e. The third-order valence-corrected chi connectivity index (χ3v) is 3.24. The molecule has 1 N–H and O–H groups in total. The molecule has 2 unspecified atom stereocenters. The molecule has 19 heavy (non-hydrogen) atoms. The summed E-state index contributed by atoms with van der Waals surface area (Å²) in [5.41, 5.74) is 0.768. The molecular weight excluding hydrogens is 248 g/mol. The zero-order valence-electron chi connectivity index (χ0n) is 11.1. The van der Waals surface area contributed by atoms with Gasteiger partial charge in [-0.2, -0.15) is 0 Å². The van der Waals surface area contributed by atoms with Gasteiger partial charge in [0.2, 0.25) is 0 Å². The predicted octanol–water partition coefficient (Wildman–Crippen LogP) is 2.58. The second-order valence-corrected chi connectivity index (χ2v) is 4.67. The summed E-state index contributed by atoms with van der Waals surface area (Å²) in [6.07, 6.45) is 2.60. The highest BCUT2D eigenvalue weighted by molar-refractivity contribution is 5.60. The Labute approximate surface area is 111 Å². The average Bonchev–Trinajstić information content (AvgIpc) is 2.81. The molecule has 2 rings (SSSR count). The van der Waals surface area contributed by atoms with Crippen LogP contribution < -0.4 is 10.1 Å². The lowest BCUT2D eigenvalue weighted by Gasteiger charge is -2.15. The lowest BCUT2D eigenvalue weighted by molar-refractivity contribution is -0.384. The van der Waals surface area contributed by atoms with Crippen molar-refractivity contribution in [3.8, 4) is 5.75 Å². The Morgan fingerprint density at radius 2 is 2.32 bits per heavy atom. The summed E-state index contributed by atoms with van der Waals surface area (Å²) in [6, 6.07) is 4.54. The summed E-state index contributed by atoms with van der Waals surface area (Å²) in [6.45, 7) is 2.74. The fourth-order valence-electron chi connectivity index (χ4n) is 2.20. The Morgan fingerprint density at radius 3 is 2.89 bits per heavy atom. The van der Waals surface area contributed by atoms with Crippen molar-refractivity contribution in [2.75, 3.05) is 19.0 Å². The van der Waals surface area contributed by atoms with E-state index >= 15 is 0 Å². The van der Waals surface area contributed by atoms with Crippen molar-refractivity contribution in [3.63, 3.8) is 0 Å². The molecule has 0 aliphatic carbocycles. The van der Waals surface area contributed by atoms with E-state index in [1.165, 1.54) is 19.2 Å². The minimum Gasteiger partial charge on any atom is -0.494 e. The van der Waals surface area contributed by atoms with Gasteiger partial charge in [-0.25, -0.2) is 0 Å². The van der Waals surface area contributed by atoms with Crippen LogP contribution in [0.2, 0.25) is 0 Å². The monoisotopic (exact) mass is 266 g/mol. The van der Waals surface area contributed by atoms with Gasteiger partial charge in [-0.15, -0.1) is 0 Å². The van der Waals surface area contributed by atoms with Crippen LogP contribution in [0.3, 0.4) is 0 Å². The van der Waals surface area contributed by atoms with Crippen molar-refractivity contribution >= 4 is 11.4 Å². The number of nitrogens with zero attached hydrogens (tertiary/aromatic N) is 1. The van der Waals surface area contributed by atoms with Crippen LogP contribution in [0, 0.1) is 10.1 Å². The maximum absolute atomic E-state index is 10.7. The molecule has 0 amide bonds. The Balaban J connectivity index is 2.01. The zero-order valence-corrected chi connectivity index (χ0v) is 11.1. The van der Waals surface area contributed by atoms with Crippen molar-refractivity contribution < 1.29 is 14.4 Å². The molecule has 1 aliphatic rings. The number of rotatable bonds is 5. The van der Waals surface area contributed by atoms with E-state index in [9.17, 15) is 10.1 Å². The quantitative estimate of drug-likeness (QED) is 0.655. The van der Waals surface area contributed by atoms with Crippen molar-refractivity contribution in [1.82, 2.24) is 0 Å². The van der Waals surface area contributed by atoms with Gasteiger partial charge in [0.15, 0.2) is 0 Å². The third kappa shape index (κ3) is 3.35. The topological polar surface area (TPSA) is 73.6 Å². The molecule has 1 saturated heterocycles. The fraction of sp³-hybridized carbons (Fsp3) is 0.538. The lowest BCUT2D eigenvalue weighted by Crippen LogP contribution is -2.20. The molecule has 2 atom stereocenters. The van der Waals surface area contributed by atoms with Crippen LogP contribution in [0.1, 0.15) is 19.8 Å². The summed E-state index contributed by atoms with van der Waals surface area (Å²) in [5, 5.41) is 13.9. The highest BCUT2D eigenvalue weighted by Crippen LogP contribution is 2.29. The normalized spacial score (nSPS) is 22.2. The Bertz CT molecular complexity index is 464. The number of hydrogen-bond donors (Lipinski definition) is 1. The van der Waals surface area contributed by atoms with Crippen LogP contribution in [0.4, 0.5) is 11.4 Å². The van der Waals surface area contributed by atoms with E-state index in [1.54, 1.807) is 6.07 Å². The first-order valence-electron chi connectivity index (χ1n) is 6.32. The molecule has 104 valence electrons. The van der Waals surface area contributed by atoms with E-state index in [0.29, 0.717) is 18.4 Å². The molecule has 1 aromatic rings. The summed E-state index contributed by atoms with van der Waals surface area (Å²) >= 11 is 0. The van der Waals surface area contributed by atoms with Crippen LogP contribution >= 0.6 is 0 Å². The van der Waals surface area contributed by atoms with Gasteiger partial charge in [-0.05, 0) is 25.8 Å². The van der Waals surface area contributed by atoms with E-state index in [2.05, 4.69) is 12.2 Å². The van der Waals surface area contributed by atoms with E-state index in [1.807, 2.05) is 0 Å². The molecule has 0 saturated carbocycles. The molecule has 6 nitrogen and oxygen atoms in total. The summed E-state index contributed by atoms with van der Waals surface area (Å²) in [7, 11) is 1.50. The molecular formula is C13H18N2O4. The first-order valence-corrected chi connectivity index (χ1v) is 6.32. The number of hydrogen-bond acceptors (Lipinski definition) is 5. The van der Waals surface area contributed by atoms with Crippen LogP contribution in [0.25, 0.3) is 0 Å². The summed E-state index contributed by atoms with van der Waals surface area (Å²) < 4.78 is 10.9. The average molecular weight is 266 g/mol. The maximum atomic E-state index is 10.7. The summed E-state index contributed by atoms with van der Waals surface area (Å²) in [4.78, 5) is 10.3. The van der Waals surface area contributed by atoms with Crippen molar-refractivity contribution in [3.05, 3.63) is 28.3 Å². The van der Waals surface area contributed by atoms with Crippen molar-refractivity contribution in [1.29, 1.82) is 0 Å². The van der Waals surface area contributed by atoms with Crippen LogP contribution in [0.15, 0.2) is 18.2 Å². The molecule has 0 aromatic heterocycles. The van der Waals surface area contributed by atoms with Crippen molar-refractivity contribution in [2.45, 2.75) is 32.0 Å². The van der Waals surface area contributed by atoms with Gasteiger partial charge in [-0.1, -0.05) is 0 Å². The van der Waals surface area contributed by atoms with Crippen LogP contribution in [0.5, 0.6) is 5.75 Å². The standard InChI is InChI=1S/C13H18N2O4/c1-9-3-5-11(19-9)8-14-12-6-4-10(15(16)17)7-13(12)18-2/h4,6-7,9,11,14H,3,5,8H2,1-2H3. The molecule has 1 heterocycles. The van der Waals surface area contributed by atoms with E-state index in [-0.39, 0.29) is 11.8 Å². The number of benzene rings is 1. The molecule has 1 aliphatic heterocycles. The molecule has 6 heteroatoms. The number of ether oxygens (including phenoxy) is 2. The minimum absolute atomic E-state index is 0.0214. The first-order chi connectivity index (χ1) is 9.10. The number of methoxy groups -OCH3 is 1.